The van der Waals surface area contributed by atoms with Gasteiger partial charge >= 0.3 is 0 Å². The number of carbonyl (C=O) groups excluding carboxylic acids is 1. The molecule has 0 saturated carbocycles. The third-order valence-corrected chi connectivity index (χ3v) is 2.00. The van der Waals surface area contributed by atoms with E-state index >= 15 is 0 Å². The molecular formula is C11H13ClN2O. The largest absolute Gasteiger partial charge is 0.273 e. The summed E-state index contributed by atoms with van der Waals surface area (Å²) in [7, 11) is 0. The molecule has 0 unspecified atom stereocenters. The summed E-state index contributed by atoms with van der Waals surface area (Å²) < 4.78 is 0. The van der Waals surface area contributed by atoms with Gasteiger partial charge in [-0.2, -0.15) is 5.10 Å². The fourth-order valence-corrected chi connectivity index (χ4v) is 1.14. The number of hydrogen-bond acceptors (Lipinski definition) is 2. The summed E-state index contributed by atoms with van der Waals surface area (Å²) in [4.78, 5) is 11.0. The standard InChI is InChI=1S/C11H13ClN2O/c1-2-3-11(15)14-13-8-9-4-6-10(12)7-5-9/h4-8H,2-3H2,1H3,(H,14,15)/b13-8-. The quantitative estimate of drug-likeness (QED) is 0.620. The Kier molecular flexibility index (Phi) is 4.84. The first-order valence-corrected chi connectivity index (χ1v) is 5.17. The van der Waals surface area contributed by atoms with Crippen molar-refractivity contribution in [2.75, 3.05) is 0 Å². The van der Waals surface area contributed by atoms with E-state index in [1.807, 2.05) is 19.1 Å². The maximum atomic E-state index is 11.0. The van der Waals surface area contributed by atoms with Crippen LogP contribution in [0.4, 0.5) is 0 Å². The number of hydrogen-bond donors (Lipinski definition) is 1. The summed E-state index contributed by atoms with van der Waals surface area (Å²) in [6.07, 6.45) is 2.91. The van der Waals surface area contributed by atoms with Gasteiger partial charge in [-0.15, -0.1) is 0 Å². The van der Waals surface area contributed by atoms with Crippen molar-refractivity contribution in [3.8, 4) is 0 Å². The van der Waals surface area contributed by atoms with Crippen LogP contribution in [0.1, 0.15) is 25.3 Å². The molecule has 1 aromatic rings. The minimum atomic E-state index is -0.0669. The van der Waals surface area contributed by atoms with Crippen LogP contribution in [0.3, 0.4) is 0 Å². The molecule has 0 aliphatic rings. The lowest BCUT2D eigenvalue weighted by molar-refractivity contribution is -0.121. The monoisotopic (exact) mass is 224 g/mol. The van der Waals surface area contributed by atoms with E-state index in [0.717, 1.165) is 12.0 Å². The van der Waals surface area contributed by atoms with Gasteiger partial charge in [0.25, 0.3) is 0 Å². The average Bonchev–Trinajstić information content (AvgIpc) is 2.21. The Morgan fingerprint density at radius 2 is 2.13 bits per heavy atom. The lowest BCUT2D eigenvalue weighted by atomic mass is 10.2. The van der Waals surface area contributed by atoms with Crippen molar-refractivity contribution >= 4 is 23.7 Å². The second-order valence-electron chi connectivity index (χ2n) is 3.09. The molecule has 0 aliphatic heterocycles. The Hall–Kier alpha value is -1.35. The lowest BCUT2D eigenvalue weighted by Crippen LogP contribution is -2.16. The molecule has 0 heterocycles. The highest BCUT2D eigenvalue weighted by atomic mass is 35.5. The van der Waals surface area contributed by atoms with E-state index in [0.29, 0.717) is 11.4 Å². The van der Waals surface area contributed by atoms with Crippen LogP contribution >= 0.6 is 11.6 Å². The second-order valence-corrected chi connectivity index (χ2v) is 3.53. The van der Waals surface area contributed by atoms with E-state index in [1.165, 1.54) is 0 Å². The minimum absolute atomic E-state index is 0.0669. The van der Waals surface area contributed by atoms with Gasteiger partial charge in [-0.05, 0) is 24.1 Å². The molecular weight excluding hydrogens is 212 g/mol. The maximum absolute atomic E-state index is 11.0. The highest BCUT2D eigenvalue weighted by Crippen LogP contribution is 2.07. The summed E-state index contributed by atoms with van der Waals surface area (Å²) in [5.74, 6) is -0.0669. The number of rotatable bonds is 4. The predicted octanol–water partition coefficient (Wildman–Crippen LogP) is 2.59. The fraction of sp³-hybridized carbons (Fsp3) is 0.273. The van der Waals surface area contributed by atoms with Crippen LogP contribution in [0.25, 0.3) is 0 Å². The van der Waals surface area contributed by atoms with Gasteiger partial charge < -0.3 is 0 Å². The highest BCUT2D eigenvalue weighted by molar-refractivity contribution is 6.30. The van der Waals surface area contributed by atoms with E-state index in [2.05, 4.69) is 10.5 Å². The Bertz CT molecular complexity index is 346. The molecule has 0 aromatic heterocycles. The minimum Gasteiger partial charge on any atom is -0.273 e. The van der Waals surface area contributed by atoms with Crippen LogP contribution in [0, 0.1) is 0 Å². The van der Waals surface area contributed by atoms with Gasteiger partial charge in [0.1, 0.15) is 0 Å². The maximum Gasteiger partial charge on any atom is 0.240 e. The zero-order valence-electron chi connectivity index (χ0n) is 8.53. The van der Waals surface area contributed by atoms with Gasteiger partial charge in [-0.25, -0.2) is 5.43 Å². The molecule has 1 amide bonds. The average molecular weight is 225 g/mol. The number of benzene rings is 1. The number of carbonyl (C=O) groups is 1. The molecule has 0 bridgehead atoms. The van der Waals surface area contributed by atoms with Crippen LogP contribution in [-0.4, -0.2) is 12.1 Å². The van der Waals surface area contributed by atoms with Crippen LogP contribution in [-0.2, 0) is 4.79 Å². The number of nitrogens with zero attached hydrogens (tertiary/aromatic N) is 1. The van der Waals surface area contributed by atoms with Gasteiger partial charge in [-0.1, -0.05) is 30.7 Å². The second kappa shape index (κ2) is 6.19. The zero-order valence-corrected chi connectivity index (χ0v) is 9.29. The van der Waals surface area contributed by atoms with E-state index < -0.39 is 0 Å². The number of hydrazone groups is 1. The molecule has 3 nitrogen and oxygen atoms in total. The smallest absolute Gasteiger partial charge is 0.240 e. The Balaban J connectivity index is 2.44. The predicted molar refractivity (Wildman–Crippen MR) is 62.1 cm³/mol. The highest BCUT2D eigenvalue weighted by Gasteiger charge is 1.94. The van der Waals surface area contributed by atoms with Crippen LogP contribution in [0.5, 0.6) is 0 Å². The molecule has 0 saturated heterocycles. The van der Waals surface area contributed by atoms with Gasteiger partial charge in [0, 0.05) is 11.4 Å². The summed E-state index contributed by atoms with van der Waals surface area (Å²) >= 11 is 5.72. The van der Waals surface area contributed by atoms with Crippen molar-refractivity contribution in [3.63, 3.8) is 0 Å². The van der Waals surface area contributed by atoms with Crippen molar-refractivity contribution in [1.82, 2.24) is 5.43 Å². The molecule has 1 aromatic carbocycles. The van der Waals surface area contributed by atoms with Crippen molar-refractivity contribution in [1.29, 1.82) is 0 Å². The molecule has 1 N–H and O–H groups in total. The summed E-state index contributed by atoms with van der Waals surface area (Å²) in [6, 6.07) is 7.21. The first-order chi connectivity index (χ1) is 7.22. The summed E-state index contributed by atoms with van der Waals surface area (Å²) in [5, 5.41) is 4.50. The molecule has 0 radical (unpaired) electrons. The van der Waals surface area contributed by atoms with Gasteiger partial charge in [0.2, 0.25) is 5.91 Å². The fourth-order valence-electron chi connectivity index (χ4n) is 1.01. The molecule has 15 heavy (non-hydrogen) atoms. The normalized spacial score (nSPS) is 10.5. The lowest BCUT2D eigenvalue weighted by Gasteiger charge is -1.96. The third-order valence-electron chi connectivity index (χ3n) is 1.75. The zero-order chi connectivity index (χ0) is 11.1. The molecule has 0 atom stereocenters. The van der Waals surface area contributed by atoms with Crippen molar-refractivity contribution in [2.45, 2.75) is 19.8 Å². The van der Waals surface area contributed by atoms with E-state index in [-0.39, 0.29) is 5.91 Å². The molecule has 80 valence electrons. The van der Waals surface area contributed by atoms with Crippen LogP contribution in [0.2, 0.25) is 5.02 Å². The van der Waals surface area contributed by atoms with Gasteiger partial charge in [0.15, 0.2) is 0 Å². The Morgan fingerprint density at radius 1 is 1.47 bits per heavy atom. The molecule has 0 spiro atoms. The molecule has 1 rings (SSSR count). The Morgan fingerprint density at radius 3 is 2.73 bits per heavy atom. The van der Waals surface area contributed by atoms with E-state index in [9.17, 15) is 4.79 Å². The summed E-state index contributed by atoms with van der Waals surface area (Å²) in [6.45, 7) is 1.95. The van der Waals surface area contributed by atoms with E-state index in [1.54, 1.807) is 18.3 Å². The van der Waals surface area contributed by atoms with Gasteiger partial charge in [0.05, 0.1) is 6.21 Å². The third kappa shape index (κ3) is 4.61. The van der Waals surface area contributed by atoms with Crippen molar-refractivity contribution in [2.24, 2.45) is 5.10 Å². The van der Waals surface area contributed by atoms with Crippen LogP contribution < -0.4 is 5.43 Å². The van der Waals surface area contributed by atoms with Crippen molar-refractivity contribution < 1.29 is 4.79 Å². The SMILES string of the molecule is CCCC(=O)N/N=C\c1ccc(Cl)cc1. The van der Waals surface area contributed by atoms with E-state index in [4.69, 9.17) is 11.6 Å². The topological polar surface area (TPSA) is 41.5 Å². The number of nitrogens with one attached hydrogen (secondary N) is 1. The first-order valence-electron chi connectivity index (χ1n) is 4.80. The summed E-state index contributed by atoms with van der Waals surface area (Å²) in [5.41, 5.74) is 3.34. The first kappa shape index (κ1) is 11.7. The number of amides is 1. The molecule has 0 aliphatic carbocycles. The van der Waals surface area contributed by atoms with Crippen molar-refractivity contribution in [3.05, 3.63) is 34.9 Å². The number of halogens is 1. The molecule has 4 heteroatoms. The Labute approximate surface area is 94.1 Å². The molecule has 0 fully saturated rings. The van der Waals surface area contributed by atoms with Crippen LogP contribution in [0.15, 0.2) is 29.4 Å². The van der Waals surface area contributed by atoms with Gasteiger partial charge in [-0.3, -0.25) is 4.79 Å².